The monoisotopic (exact) mass is 260 g/mol. The predicted octanol–water partition coefficient (Wildman–Crippen LogP) is 3.00. The molecule has 2 atom stereocenters. The maximum Gasteiger partial charge on any atom is 0.139 e. The van der Waals surface area contributed by atoms with Crippen molar-refractivity contribution in [2.24, 2.45) is 5.73 Å². The van der Waals surface area contributed by atoms with E-state index in [-0.39, 0.29) is 18.0 Å². The lowest BCUT2D eigenvalue weighted by Gasteiger charge is -2.23. The number of hydrogen-bond donors (Lipinski definition) is 1. The van der Waals surface area contributed by atoms with E-state index in [9.17, 15) is 4.39 Å². The van der Waals surface area contributed by atoms with Crippen molar-refractivity contribution in [2.75, 3.05) is 0 Å². The second-order valence-electron chi connectivity index (χ2n) is 4.59. The first-order chi connectivity index (χ1) is 9.08. The predicted molar refractivity (Wildman–Crippen MR) is 72.4 cm³/mol. The summed E-state index contributed by atoms with van der Waals surface area (Å²) in [6, 6.07) is 7.97. The number of aromatic nitrogens is 1. The van der Waals surface area contributed by atoms with Crippen LogP contribution in [0.2, 0.25) is 0 Å². The summed E-state index contributed by atoms with van der Waals surface area (Å²) in [7, 11) is 0. The molecular formula is C15H17FN2O. The number of nitrogens with zero attached hydrogens (tertiary/aromatic N) is 1. The van der Waals surface area contributed by atoms with Gasteiger partial charge >= 0.3 is 0 Å². The Kier molecular flexibility index (Phi) is 4.12. The van der Waals surface area contributed by atoms with E-state index in [4.69, 9.17) is 10.5 Å². The Balaban J connectivity index is 2.29. The van der Waals surface area contributed by atoms with Crippen molar-refractivity contribution >= 4 is 0 Å². The number of benzene rings is 1. The summed E-state index contributed by atoms with van der Waals surface area (Å²) in [4.78, 5) is 3.97. The molecule has 0 bridgehead atoms. The Hall–Kier alpha value is -1.94. The molecule has 1 aromatic heterocycles. The summed E-state index contributed by atoms with van der Waals surface area (Å²) < 4.78 is 19.2. The Morgan fingerprint density at radius 1 is 1.21 bits per heavy atom. The molecule has 0 saturated heterocycles. The molecule has 1 aromatic carbocycles. The van der Waals surface area contributed by atoms with Crippen molar-refractivity contribution in [3.63, 3.8) is 0 Å². The van der Waals surface area contributed by atoms with Crippen molar-refractivity contribution < 1.29 is 9.13 Å². The van der Waals surface area contributed by atoms with Gasteiger partial charge in [-0.2, -0.15) is 0 Å². The van der Waals surface area contributed by atoms with Crippen LogP contribution < -0.4 is 10.5 Å². The molecule has 0 aliphatic carbocycles. The molecule has 2 aromatic rings. The number of pyridine rings is 1. The first kappa shape index (κ1) is 13.5. The maximum atomic E-state index is 13.3. The van der Waals surface area contributed by atoms with Gasteiger partial charge in [-0.15, -0.1) is 0 Å². The van der Waals surface area contributed by atoms with Crippen LogP contribution in [0.1, 0.15) is 24.2 Å². The molecule has 2 rings (SSSR count). The molecule has 2 N–H and O–H groups in total. The van der Waals surface area contributed by atoms with Crippen molar-refractivity contribution in [3.05, 3.63) is 59.7 Å². The molecule has 0 radical (unpaired) electrons. The highest BCUT2D eigenvalue weighted by molar-refractivity contribution is 5.33. The second kappa shape index (κ2) is 5.80. The van der Waals surface area contributed by atoms with Gasteiger partial charge in [0.25, 0.3) is 0 Å². The largest absolute Gasteiger partial charge is 0.484 e. The number of rotatable bonds is 4. The number of ether oxygens (including phenoxy) is 1. The second-order valence-corrected chi connectivity index (χ2v) is 4.59. The zero-order valence-electron chi connectivity index (χ0n) is 11.0. The summed E-state index contributed by atoms with van der Waals surface area (Å²) in [5, 5.41) is 0. The zero-order chi connectivity index (χ0) is 13.8. The molecule has 0 aliphatic rings. The Bertz CT molecular complexity index is 543. The van der Waals surface area contributed by atoms with Gasteiger partial charge in [0.15, 0.2) is 0 Å². The maximum absolute atomic E-state index is 13.3. The van der Waals surface area contributed by atoms with E-state index in [0.717, 1.165) is 11.1 Å². The van der Waals surface area contributed by atoms with E-state index in [0.29, 0.717) is 5.75 Å². The molecular weight excluding hydrogens is 243 g/mol. The van der Waals surface area contributed by atoms with Gasteiger partial charge in [-0.3, -0.25) is 4.98 Å². The van der Waals surface area contributed by atoms with Gasteiger partial charge in [0.1, 0.15) is 17.7 Å². The summed E-state index contributed by atoms with van der Waals surface area (Å²) >= 11 is 0. The first-order valence-corrected chi connectivity index (χ1v) is 6.16. The number of hydrogen-bond acceptors (Lipinski definition) is 3. The van der Waals surface area contributed by atoms with Crippen molar-refractivity contribution in [3.8, 4) is 5.75 Å². The average Bonchev–Trinajstić information content (AvgIpc) is 2.40. The molecule has 0 fully saturated rings. The third-order valence-corrected chi connectivity index (χ3v) is 2.92. The minimum Gasteiger partial charge on any atom is -0.484 e. The lowest BCUT2D eigenvalue weighted by Crippen LogP contribution is -2.29. The average molecular weight is 260 g/mol. The van der Waals surface area contributed by atoms with Crippen LogP contribution in [0.3, 0.4) is 0 Å². The van der Waals surface area contributed by atoms with Gasteiger partial charge in [-0.05, 0) is 43.2 Å². The molecule has 3 nitrogen and oxygen atoms in total. The van der Waals surface area contributed by atoms with Crippen LogP contribution in [0.25, 0.3) is 0 Å². The minimum absolute atomic E-state index is 0.218. The van der Waals surface area contributed by atoms with Gasteiger partial charge < -0.3 is 10.5 Å². The van der Waals surface area contributed by atoms with E-state index in [1.807, 2.05) is 26.0 Å². The lowest BCUT2D eigenvalue weighted by atomic mass is 10.1. The van der Waals surface area contributed by atoms with Crippen molar-refractivity contribution in [1.29, 1.82) is 0 Å². The van der Waals surface area contributed by atoms with E-state index in [1.165, 1.54) is 12.1 Å². The van der Waals surface area contributed by atoms with Gasteiger partial charge in [0.05, 0.1) is 0 Å². The zero-order valence-corrected chi connectivity index (χ0v) is 11.0. The van der Waals surface area contributed by atoms with Crippen LogP contribution >= 0.6 is 0 Å². The Labute approximate surface area is 112 Å². The van der Waals surface area contributed by atoms with Gasteiger partial charge in [-0.1, -0.05) is 6.07 Å². The van der Waals surface area contributed by atoms with Crippen molar-refractivity contribution in [2.45, 2.75) is 26.0 Å². The van der Waals surface area contributed by atoms with Gasteiger partial charge in [0, 0.05) is 24.5 Å². The van der Waals surface area contributed by atoms with Crippen LogP contribution in [0, 0.1) is 12.7 Å². The van der Waals surface area contributed by atoms with Crippen molar-refractivity contribution in [1.82, 2.24) is 4.98 Å². The van der Waals surface area contributed by atoms with Crippen LogP contribution in [0.5, 0.6) is 5.75 Å². The fraction of sp³-hybridized carbons (Fsp3) is 0.267. The van der Waals surface area contributed by atoms with Crippen LogP contribution in [-0.4, -0.2) is 11.0 Å². The lowest BCUT2D eigenvalue weighted by molar-refractivity contribution is 0.178. The number of halogens is 1. The summed E-state index contributed by atoms with van der Waals surface area (Å²) in [6.07, 6.45) is 3.04. The third kappa shape index (κ3) is 3.29. The van der Waals surface area contributed by atoms with Gasteiger partial charge in [-0.25, -0.2) is 4.39 Å². The Morgan fingerprint density at radius 2 is 1.89 bits per heavy atom. The third-order valence-electron chi connectivity index (χ3n) is 2.92. The number of aryl methyl sites for hydroxylation is 1. The molecule has 1 heterocycles. The van der Waals surface area contributed by atoms with E-state index >= 15 is 0 Å². The Morgan fingerprint density at radius 3 is 2.53 bits per heavy atom. The fourth-order valence-electron chi connectivity index (χ4n) is 1.87. The highest BCUT2D eigenvalue weighted by Gasteiger charge is 2.19. The highest BCUT2D eigenvalue weighted by atomic mass is 19.1. The van der Waals surface area contributed by atoms with Crippen LogP contribution in [-0.2, 0) is 0 Å². The summed E-state index contributed by atoms with van der Waals surface area (Å²) in [6.45, 7) is 3.74. The van der Waals surface area contributed by atoms with E-state index in [2.05, 4.69) is 4.98 Å². The molecule has 0 saturated carbocycles. The summed E-state index contributed by atoms with van der Waals surface area (Å²) in [5.74, 6) is 0.192. The SMILES string of the molecule is Cc1ccc(F)cc1OC(c1ccncc1)C(C)N. The molecule has 0 spiro atoms. The van der Waals surface area contributed by atoms with Crippen LogP contribution in [0.15, 0.2) is 42.7 Å². The molecule has 4 heteroatoms. The standard InChI is InChI=1S/C15H17FN2O/c1-10-3-4-13(16)9-14(10)19-15(11(2)17)12-5-7-18-8-6-12/h3-9,11,15H,17H2,1-2H3. The summed E-state index contributed by atoms with van der Waals surface area (Å²) in [5.41, 5.74) is 7.77. The smallest absolute Gasteiger partial charge is 0.139 e. The molecule has 0 aliphatic heterocycles. The van der Waals surface area contributed by atoms with E-state index in [1.54, 1.807) is 18.5 Å². The van der Waals surface area contributed by atoms with Gasteiger partial charge in [0.2, 0.25) is 0 Å². The minimum atomic E-state index is -0.330. The molecule has 100 valence electrons. The molecule has 19 heavy (non-hydrogen) atoms. The fourth-order valence-corrected chi connectivity index (χ4v) is 1.87. The molecule has 0 amide bonds. The van der Waals surface area contributed by atoms with Crippen LogP contribution in [0.4, 0.5) is 4.39 Å². The quantitative estimate of drug-likeness (QED) is 0.919. The number of nitrogens with two attached hydrogens (primary N) is 1. The van der Waals surface area contributed by atoms with E-state index < -0.39 is 0 Å². The topological polar surface area (TPSA) is 48.1 Å². The first-order valence-electron chi connectivity index (χ1n) is 6.16. The normalized spacial score (nSPS) is 13.9. The highest BCUT2D eigenvalue weighted by Crippen LogP contribution is 2.27. The molecule has 2 unspecified atom stereocenters.